The van der Waals surface area contributed by atoms with Crippen molar-refractivity contribution < 1.29 is 14.3 Å². The average Bonchev–Trinajstić information content (AvgIpc) is 3.18. The predicted molar refractivity (Wildman–Crippen MR) is 98.9 cm³/mol. The number of para-hydroxylation sites is 1. The van der Waals surface area contributed by atoms with E-state index in [1.807, 2.05) is 41.2 Å². The molecule has 3 aromatic rings. The van der Waals surface area contributed by atoms with Crippen molar-refractivity contribution in [1.29, 1.82) is 0 Å². The van der Waals surface area contributed by atoms with E-state index in [4.69, 9.17) is 4.74 Å². The zero-order chi connectivity index (χ0) is 18.1. The minimum atomic E-state index is -0.560. The normalized spacial score (nSPS) is 15.6. The first-order valence-electron chi connectivity index (χ1n) is 8.27. The molecule has 0 saturated heterocycles. The third kappa shape index (κ3) is 2.93. The minimum Gasteiger partial charge on any atom is -0.479 e. The van der Waals surface area contributed by atoms with E-state index in [9.17, 15) is 9.59 Å². The molecule has 0 spiro atoms. The maximum Gasteiger partial charge on any atom is 0.265 e. The number of fused-ring (bicyclic) bond motifs is 1. The summed E-state index contributed by atoms with van der Waals surface area (Å²) >= 11 is 0. The number of nitrogens with one attached hydrogen (secondary N) is 2. The molecule has 1 unspecified atom stereocenters. The van der Waals surface area contributed by atoms with Gasteiger partial charge in [-0.2, -0.15) is 0 Å². The third-order valence-electron chi connectivity index (χ3n) is 4.23. The summed E-state index contributed by atoms with van der Waals surface area (Å²) in [5, 5.41) is 5.62. The molecule has 0 aliphatic carbocycles. The molecule has 0 radical (unpaired) electrons. The molecule has 1 aromatic heterocycles. The topological polar surface area (TPSA) is 72.4 Å². The second kappa shape index (κ2) is 6.40. The molecule has 2 amide bonds. The molecule has 130 valence electrons. The number of aromatic nitrogens is 1. The summed E-state index contributed by atoms with van der Waals surface area (Å²) in [7, 11) is 0. The van der Waals surface area contributed by atoms with Crippen molar-refractivity contribution >= 4 is 23.2 Å². The van der Waals surface area contributed by atoms with E-state index in [1.165, 1.54) is 0 Å². The molecule has 1 aliphatic rings. The number of hydrogen-bond donors (Lipinski definition) is 2. The van der Waals surface area contributed by atoms with Gasteiger partial charge in [0.15, 0.2) is 6.10 Å². The Kier molecular flexibility index (Phi) is 3.93. The van der Waals surface area contributed by atoms with Crippen LogP contribution in [0.3, 0.4) is 0 Å². The van der Waals surface area contributed by atoms with Gasteiger partial charge in [-0.1, -0.05) is 6.07 Å². The summed E-state index contributed by atoms with van der Waals surface area (Å²) in [6.07, 6.45) is 3.32. The molecular formula is C20H17N3O3. The number of hydrogen-bond acceptors (Lipinski definition) is 3. The first kappa shape index (κ1) is 16.0. The Morgan fingerprint density at radius 3 is 2.54 bits per heavy atom. The van der Waals surface area contributed by atoms with E-state index in [0.29, 0.717) is 22.7 Å². The summed E-state index contributed by atoms with van der Waals surface area (Å²) in [5.74, 6) is 0.0402. The van der Waals surface area contributed by atoms with Gasteiger partial charge in [-0.15, -0.1) is 0 Å². The predicted octanol–water partition coefficient (Wildman–Crippen LogP) is 3.45. The standard InChI is InChI=1S/C20H17N3O3/c1-13-19(24)22-18-16(5-4-6-17(18)26-13)21-20(25)14-7-9-15(10-8-14)23-11-2-3-12-23/h2-13H,1H3,(H,21,25)(H,22,24). The van der Waals surface area contributed by atoms with Crippen LogP contribution < -0.4 is 15.4 Å². The first-order valence-corrected chi connectivity index (χ1v) is 8.27. The quantitative estimate of drug-likeness (QED) is 0.762. The maximum atomic E-state index is 12.6. The second-order valence-corrected chi connectivity index (χ2v) is 6.02. The van der Waals surface area contributed by atoms with Crippen molar-refractivity contribution in [2.45, 2.75) is 13.0 Å². The first-order chi connectivity index (χ1) is 12.6. The van der Waals surface area contributed by atoms with Crippen molar-refractivity contribution in [1.82, 2.24) is 4.57 Å². The fourth-order valence-electron chi connectivity index (χ4n) is 2.82. The molecule has 4 rings (SSSR count). The van der Waals surface area contributed by atoms with Gasteiger partial charge in [-0.25, -0.2) is 0 Å². The molecule has 2 heterocycles. The highest BCUT2D eigenvalue weighted by Gasteiger charge is 2.26. The van der Waals surface area contributed by atoms with Crippen LogP contribution in [0.2, 0.25) is 0 Å². The van der Waals surface area contributed by atoms with Crippen molar-refractivity contribution in [3.05, 3.63) is 72.6 Å². The van der Waals surface area contributed by atoms with Gasteiger partial charge in [0, 0.05) is 23.6 Å². The van der Waals surface area contributed by atoms with Crippen LogP contribution in [-0.4, -0.2) is 22.5 Å². The number of carbonyl (C=O) groups excluding carboxylic acids is 2. The largest absolute Gasteiger partial charge is 0.479 e. The molecule has 1 aliphatic heterocycles. The van der Waals surface area contributed by atoms with Crippen LogP contribution in [0.4, 0.5) is 11.4 Å². The monoisotopic (exact) mass is 347 g/mol. The van der Waals surface area contributed by atoms with Crippen molar-refractivity contribution in [3.8, 4) is 11.4 Å². The number of nitrogens with zero attached hydrogens (tertiary/aromatic N) is 1. The lowest BCUT2D eigenvalue weighted by atomic mass is 10.1. The van der Waals surface area contributed by atoms with Gasteiger partial charge < -0.3 is 19.9 Å². The Balaban J connectivity index is 1.56. The molecular weight excluding hydrogens is 330 g/mol. The van der Waals surface area contributed by atoms with Gasteiger partial charge in [-0.05, 0) is 55.5 Å². The van der Waals surface area contributed by atoms with E-state index in [-0.39, 0.29) is 11.8 Å². The summed E-state index contributed by atoms with van der Waals surface area (Å²) in [5.41, 5.74) is 2.48. The highest BCUT2D eigenvalue weighted by Crippen LogP contribution is 2.36. The number of rotatable bonds is 3. The van der Waals surface area contributed by atoms with Crippen molar-refractivity contribution in [3.63, 3.8) is 0 Å². The molecule has 0 bridgehead atoms. The summed E-state index contributed by atoms with van der Waals surface area (Å²) in [6, 6.07) is 16.4. The number of amides is 2. The summed E-state index contributed by atoms with van der Waals surface area (Å²) < 4.78 is 7.52. The summed E-state index contributed by atoms with van der Waals surface area (Å²) in [6.45, 7) is 1.68. The Labute approximate surface area is 150 Å². The van der Waals surface area contributed by atoms with Gasteiger partial charge in [0.2, 0.25) is 0 Å². The van der Waals surface area contributed by atoms with Crippen LogP contribution in [0.1, 0.15) is 17.3 Å². The molecule has 6 heteroatoms. The maximum absolute atomic E-state index is 12.6. The minimum absolute atomic E-state index is 0.240. The fourth-order valence-corrected chi connectivity index (χ4v) is 2.82. The van der Waals surface area contributed by atoms with E-state index < -0.39 is 6.10 Å². The van der Waals surface area contributed by atoms with E-state index >= 15 is 0 Å². The van der Waals surface area contributed by atoms with Crippen molar-refractivity contribution in [2.24, 2.45) is 0 Å². The summed E-state index contributed by atoms with van der Waals surface area (Å²) in [4.78, 5) is 24.4. The van der Waals surface area contributed by atoms with Gasteiger partial charge in [0.05, 0.1) is 5.69 Å². The van der Waals surface area contributed by atoms with Gasteiger partial charge in [-0.3, -0.25) is 9.59 Å². The van der Waals surface area contributed by atoms with Crippen LogP contribution in [0.5, 0.6) is 5.75 Å². The Hall–Kier alpha value is -3.54. The van der Waals surface area contributed by atoms with Gasteiger partial charge >= 0.3 is 0 Å². The third-order valence-corrected chi connectivity index (χ3v) is 4.23. The molecule has 2 N–H and O–H groups in total. The number of ether oxygens (including phenoxy) is 1. The lowest BCUT2D eigenvalue weighted by molar-refractivity contribution is -0.122. The molecule has 2 aromatic carbocycles. The number of anilines is 2. The second-order valence-electron chi connectivity index (χ2n) is 6.02. The zero-order valence-electron chi connectivity index (χ0n) is 14.1. The lowest BCUT2D eigenvalue weighted by Crippen LogP contribution is -2.34. The van der Waals surface area contributed by atoms with Gasteiger partial charge in [0.25, 0.3) is 11.8 Å². The Bertz CT molecular complexity index is 962. The molecule has 0 saturated carbocycles. The SMILES string of the molecule is CC1Oc2cccc(NC(=O)c3ccc(-n4cccc4)cc3)c2NC1=O. The Morgan fingerprint density at radius 1 is 1.08 bits per heavy atom. The van der Waals surface area contributed by atoms with Crippen LogP contribution in [-0.2, 0) is 4.79 Å². The van der Waals surface area contributed by atoms with E-state index in [1.54, 1.807) is 37.3 Å². The molecule has 1 atom stereocenters. The molecule has 6 nitrogen and oxygen atoms in total. The van der Waals surface area contributed by atoms with Crippen molar-refractivity contribution in [2.75, 3.05) is 10.6 Å². The molecule has 26 heavy (non-hydrogen) atoms. The lowest BCUT2D eigenvalue weighted by Gasteiger charge is -2.25. The highest BCUT2D eigenvalue weighted by atomic mass is 16.5. The zero-order valence-corrected chi connectivity index (χ0v) is 14.1. The van der Waals surface area contributed by atoms with Crippen LogP contribution >= 0.6 is 0 Å². The fraction of sp³-hybridized carbons (Fsp3) is 0.100. The van der Waals surface area contributed by atoms with E-state index in [0.717, 1.165) is 5.69 Å². The Morgan fingerprint density at radius 2 is 1.81 bits per heavy atom. The number of carbonyl (C=O) groups is 2. The molecule has 0 fully saturated rings. The smallest absolute Gasteiger partial charge is 0.265 e. The number of benzene rings is 2. The average molecular weight is 347 g/mol. The highest BCUT2D eigenvalue weighted by molar-refractivity contribution is 6.09. The van der Waals surface area contributed by atoms with Gasteiger partial charge in [0.1, 0.15) is 11.4 Å². The van der Waals surface area contributed by atoms with Crippen LogP contribution in [0.25, 0.3) is 5.69 Å². The van der Waals surface area contributed by atoms with Crippen LogP contribution in [0, 0.1) is 0 Å². The van der Waals surface area contributed by atoms with Crippen LogP contribution in [0.15, 0.2) is 67.0 Å². The van der Waals surface area contributed by atoms with E-state index in [2.05, 4.69) is 10.6 Å².